The van der Waals surface area contributed by atoms with Gasteiger partial charge in [0, 0.05) is 11.6 Å². The van der Waals surface area contributed by atoms with Crippen molar-refractivity contribution in [3.63, 3.8) is 0 Å². The summed E-state index contributed by atoms with van der Waals surface area (Å²) in [5, 5.41) is 3.20. The predicted molar refractivity (Wildman–Crippen MR) is 67.8 cm³/mol. The summed E-state index contributed by atoms with van der Waals surface area (Å²) in [5.41, 5.74) is 6.22. The summed E-state index contributed by atoms with van der Waals surface area (Å²) in [7, 11) is 1.58. The molecule has 17 heavy (non-hydrogen) atoms. The fraction of sp³-hybridized carbons (Fsp3) is 0.462. The first-order chi connectivity index (χ1) is 8.10. The predicted octanol–water partition coefficient (Wildman–Crippen LogP) is 1.61. The van der Waals surface area contributed by atoms with Crippen molar-refractivity contribution in [2.75, 3.05) is 7.11 Å². The van der Waals surface area contributed by atoms with E-state index in [0.29, 0.717) is 5.75 Å². The zero-order valence-corrected chi connectivity index (χ0v) is 10.6. The molecule has 4 heteroatoms. The molecule has 0 aliphatic carbocycles. The fourth-order valence-corrected chi connectivity index (χ4v) is 1.63. The van der Waals surface area contributed by atoms with Crippen molar-refractivity contribution in [2.24, 2.45) is 5.73 Å². The first-order valence-electron chi connectivity index (χ1n) is 5.78. The Morgan fingerprint density at radius 2 is 2.12 bits per heavy atom. The van der Waals surface area contributed by atoms with Crippen LogP contribution < -0.4 is 15.8 Å². The van der Waals surface area contributed by atoms with Crippen LogP contribution >= 0.6 is 0 Å². The quantitative estimate of drug-likeness (QED) is 0.788. The molecule has 0 fully saturated rings. The van der Waals surface area contributed by atoms with Gasteiger partial charge in [0.25, 0.3) is 0 Å². The van der Waals surface area contributed by atoms with Crippen LogP contribution in [-0.4, -0.2) is 19.1 Å². The van der Waals surface area contributed by atoms with E-state index in [-0.39, 0.29) is 6.04 Å². The molecule has 94 valence electrons. The summed E-state index contributed by atoms with van der Waals surface area (Å²) in [6.07, 6.45) is 0.929. The Morgan fingerprint density at radius 1 is 1.47 bits per heavy atom. The molecule has 0 bridgehead atoms. The summed E-state index contributed by atoms with van der Waals surface area (Å²) >= 11 is 0. The SMILES string of the molecule is CCC(C)NC(C(N)=O)c1ccccc1OC. The second-order valence-electron chi connectivity index (χ2n) is 4.05. The fourth-order valence-electron chi connectivity index (χ4n) is 1.63. The maximum absolute atomic E-state index is 11.5. The van der Waals surface area contributed by atoms with Gasteiger partial charge in [-0.3, -0.25) is 10.1 Å². The average molecular weight is 236 g/mol. The normalized spacial score (nSPS) is 14.1. The summed E-state index contributed by atoms with van der Waals surface area (Å²) in [4.78, 5) is 11.5. The molecule has 0 spiro atoms. The van der Waals surface area contributed by atoms with Gasteiger partial charge in [-0.1, -0.05) is 25.1 Å². The molecular weight excluding hydrogens is 216 g/mol. The van der Waals surface area contributed by atoms with Crippen molar-refractivity contribution in [3.05, 3.63) is 29.8 Å². The molecule has 4 nitrogen and oxygen atoms in total. The summed E-state index contributed by atoms with van der Waals surface area (Å²) in [5.74, 6) is 0.280. The monoisotopic (exact) mass is 236 g/mol. The third-order valence-electron chi connectivity index (χ3n) is 2.80. The van der Waals surface area contributed by atoms with Gasteiger partial charge in [-0.05, 0) is 19.4 Å². The molecule has 0 heterocycles. The largest absolute Gasteiger partial charge is 0.496 e. The second kappa shape index (κ2) is 6.25. The molecule has 3 N–H and O–H groups in total. The number of benzene rings is 1. The third-order valence-corrected chi connectivity index (χ3v) is 2.80. The number of para-hydroxylation sites is 1. The van der Waals surface area contributed by atoms with E-state index >= 15 is 0 Å². The highest BCUT2D eigenvalue weighted by molar-refractivity contribution is 5.82. The molecule has 1 aromatic carbocycles. The molecular formula is C13H20N2O2. The molecule has 0 radical (unpaired) electrons. The first kappa shape index (κ1) is 13.5. The molecule has 0 saturated carbocycles. The van der Waals surface area contributed by atoms with Crippen molar-refractivity contribution < 1.29 is 9.53 Å². The van der Waals surface area contributed by atoms with Crippen molar-refractivity contribution in [1.29, 1.82) is 0 Å². The Labute approximate surface area is 102 Å². The van der Waals surface area contributed by atoms with Crippen LogP contribution in [0, 0.1) is 0 Å². The minimum Gasteiger partial charge on any atom is -0.496 e. The van der Waals surface area contributed by atoms with Crippen LogP contribution in [-0.2, 0) is 4.79 Å². The van der Waals surface area contributed by atoms with Gasteiger partial charge < -0.3 is 10.5 Å². The van der Waals surface area contributed by atoms with Crippen molar-refractivity contribution in [3.8, 4) is 5.75 Å². The smallest absolute Gasteiger partial charge is 0.239 e. The molecule has 1 rings (SSSR count). The number of rotatable bonds is 6. The van der Waals surface area contributed by atoms with Crippen molar-refractivity contribution in [1.82, 2.24) is 5.32 Å². The van der Waals surface area contributed by atoms with Crippen LogP contribution in [0.15, 0.2) is 24.3 Å². The Morgan fingerprint density at radius 3 is 2.65 bits per heavy atom. The molecule has 1 amide bonds. The number of carbonyl (C=O) groups is 1. The van der Waals surface area contributed by atoms with E-state index in [1.165, 1.54) is 0 Å². The Balaban J connectivity index is 3.01. The molecule has 2 atom stereocenters. The number of hydrogen-bond donors (Lipinski definition) is 2. The maximum atomic E-state index is 11.5. The van der Waals surface area contributed by atoms with Gasteiger partial charge in [0.2, 0.25) is 5.91 Å². The van der Waals surface area contributed by atoms with Gasteiger partial charge in [0.1, 0.15) is 11.8 Å². The van der Waals surface area contributed by atoms with Crippen molar-refractivity contribution >= 4 is 5.91 Å². The lowest BCUT2D eigenvalue weighted by atomic mass is 10.0. The van der Waals surface area contributed by atoms with E-state index < -0.39 is 11.9 Å². The highest BCUT2D eigenvalue weighted by atomic mass is 16.5. The minimum absolute atomic E-state index is 0.220. The van der Waals surface area contributed by atoms with Crippen LogP contribution in [0.1, 0.15) is 31.9 Å². The Kier molecular flexibility index (Phi) is 4.97. The van der Waals surface area contributed by atoms with Crippen LogP contribution in [0.3, 0.4) is 0 Å². The number of hydrogen-bond acceptors (Lipinski definition) is 3. The lowest BCUT2D eigenvalue weighted by molar-refractivity contribution is -0.120. The third kappa shape index (κ3) is 3.46. The van der Waals surface area contributed by atoms with Gasteiger partial charge in [0.05, 0.1) is 7.11 Å². The summed E-state index contributed by atoms with van der Waals surface area (Å²) in [6.45, 7) is 4.07. The number of methoxy groups -OCH3 is 1. The Bertz CT molecular complexity index is 379. The van der Waals surface area contributed by atoms with Gasteiger partial charge in [-0.15, -0.1) is 0 Å². The van der Waals surface area contributed by atoms with E-state index in [0.717, 1.165) is 12.0 Å². The van der Waals surface area contributed by atoms with Gasteiger partial charge in [0.15, 0.2) is 0 Å². The van der Waals surface area contributed by atoms with Crippen LogP contribution in [0.2, 0.25) is 0 Å². The minimum atomic E-state index is -0.513. The van der Waals surface area contributed by atoms with E-state index in [9.17, 15) is 4.79 Å². The molecule has 1 aromatic rings. The zero-order valence-electron chi connectivity index (χ0n) is 10.6. The van der Waals surface area contributed by atoms with Gasteiger partial charge in [-0.25, -0.2) is 0 Å². The van der Waals surface area contributed by atoms with Gasteiger partial charge in [-0.2, -0.15) is 0 Å². The standard InChI is InChI=1S/C13H20N2O2/c1-4-9(2)15-12(13(14)16)10-7-5-6-8-11(10)17-3/h5-9,12,15H,4H2,1-3H3,(H2,14,16). The summed E-state index contributed by atoms with van der Waals surface area (Å²) < 4.78 is 5.24. The van der Waals surface area contributed by atoms with E-state index in [2.05, 4.69) is 12.2 Å². The number of carbonyl (C=O) groups excluding carboxylic acids is 1. The molecule has 0 aliphatic heterocycles. The van der Waals surface area contributed by atoms with Crippen LogP contribution in [0.25, 0.3) is 0 Å². The highest BCUT2D eigenvalue weighted by Gasteiger charge is 2.22. The van der Waals surface area contributed by atoms with E-state index in [1.54, 1.807) is 7.11 Å². The number of primary amides is 1. The number of nitrogens with two attached hydrogens (primary N) is 1. The number of nitrogens with one attached hydrogen (secondary N) is 1. The number of amides is 1. The topological polar surface area (TPSA) is 64.3 Å². The van der Waals surface area contributed by atoms with Crippen LogP contribution in [0.5, 0.6) is 5.75 Å². The molecule has 2 unspecified atom stereocenters. The maximum Gasteiger partial charge on any atom is 0.239 e. The lowest BCUT2D eigenvalue weighted by Gasteiger charge is -2.21. The molecule has 0 saturated heterocycles. The Hall–Kier alpha value is -1.55. The number of ether oxygens (including phenoxy) is 1. The molecule has 0 aromatic heterocycles. The first-order valence-corrected chi connectivity index (χ1v) is 5.78. The second-order valence-corrected chi connectivity index (χ2v) is 4.05. The summed E-state index contributed by atoms with van der Waals surface area (Å²) in [6, 6.07) is 7.11. The van der Waals surface area contributed by atoms with Crippen molar-refractivity contribution in [2.45, 2.75) is 32.4 Å². The zero-order chi connectivity index (χ0) is 12.8. The highest BCUT2D eigenvalue weighted by Crippen LogP contribution is 2.25. The van der Waals surface area contributed by atoms with E-state index in [1.807, 2.05) is 31.2 Å². The lowest BCUT2D eigenvalue weighted by Crippen LogP contribution is -2.38. The van der Waals surface area contributed by atoms with E-state index in [4.69, 9.17) is 10.5 Å². The van der Waals surface area contributed by atoms with Gasteiger partial charge >= 0.3 is 0 Å². The van der Waals surface area contributed by atoms with Crippen LogP contribution in [0.4, 0.5) is 0 Å². The average Bonchev–Trinajstić information content (AvgIpc) is 2.35. The molecule has 0 aliphatic rings.